The Morgan fingerprint density at radius 1 is 1.45 bits per heavy atom. The molecule has 2 unspecified atom stereocenters. The third-order valence-electron chi connectivity index (χ3n) is 4.30. The Balaban J connectivity index is 1.93. The first kappa shape index (κ1) is 15.2. The largest absolute Gasteiger partial charge is 0.386 e. The first-order valence-electron chi connectivity index (χ1n) is 7.59. The van der Waals surface area contributed by atoms with Gasteiger partial charge in [-0.3, -0.25) is 4.99 Å². The first-order valence-corrected chi connectivity index (χ1v) is 7.59. The van der Waals surface area contributed by atoms with E-state index in [0.29, 0.717) is 5.92 Å². The Morgan fingerprint density at radius 2 is 2.23 bits per heavy atom. The molecule has 0 saturated heterocycles. The van der Waals surface area contributed by atoms with E-state index in [1.807, 2.05) is 0 Å². The summed E-state index contributed by atoms with van der Waals surface area (Å²) >= 11 is 0. The molecule has 1 heterocycles. The molecule has 3 N–H and O–H groups in total. The predicted octanol–water partition coefficient (Wildman–Crippen LogP) is 2.59. The Labute approximate surface area is 128 Å². The molecule has 0 spiro atoms. The van der Waals surface area contributed by atoms with Crippen LogP contribution in [0, 0.1) is 11.7 Å². The molecular formula is C16H21F2N3O. The SMILES string of the molecule is CC1(c2cc(NCC3CC3)ccc2F)N=C(N)COCC1F. The van der Waals surface area contributed by atoms with Crippen molar-refractivity contribution < 1.29 is 13.5 Å². The van der Waals surface area contributed by atoms with Crippen LogP contribution in [0.5, 0.6) is 0 Å². The summed E-state index contributed by atoms with van der Waals surface area (Å²) in [6.45, 7) is 2.33. The minimum atomic E-state index is -1.46. The minimum absolute atomic E-state index is 0.0667. The monoisotopic (exact) mass is 309 g/mol. The number of amidine groups is 1. The lowest BCUT2D eigenvalue weighted by molar-refractivity contribution is 0.0755. The lowest BCUT2D eigenvalue weighted by atomic mass is 9.87. The molecule has 6 heteroatoms. The molecule has 0 amide bonds. The number of alkyl halides is 1. The highest BCUT2D eigenvalue weighted by molar-refractivity contribution is 5.82. The third kappa shape index (κ3) is 3.06. The molecule has 1 saturated carbocycles. The van der Waals surface area contributed by atoms with Gasteiger partial charge < -0.3 is 15.8 Å². The highest BCUT2D eigenvalue weighted by Crippen LogP contribution is 2.36. The lowest BCUT2D eigenvalue weighted by Crippen LogP contribution is -2.35. The highest BCUT2D eigenvalue weighted by Gasteiger charge is 2.40. The quantitative estimate of drug-likeness (QED) is 0.899. The number of nitrogens with two attached hydrogens (primary N) is 1. The second kappa shape index (κ2) is 5.83. The summed E-state index contributed by atoms with van der Waals surface area (Å²) < 4.78 is 33.9. The van der Waals surface area contributed by atoms with Gasteiger partial charge in [-0.05, 0) is 43.9 Å². The molecule has 1 aliphatic carbocycles. The summed E-state index contributed by atoms with van der Waals surface area (Å²) in [6.07, 6.45) is 0.995. The summed E-state index contributed by atoms with van der Waals surface area (Å²) in [4.78, 5) is 4.20. The predicted molar refractivity (Wildman–Crippen MR) is 82.3 cm³/mol. The maximum atomic E-state index is 14.5. The molecular weight excluding hydrogens is 288 g/mol. The second-order valence-corrected chi connectivity index (χ2v) is 6.25. The van der Waals surface area contributed by atoms with Gasteiger partial charge in [0.2, 0.25) is 0 Å². The fraction of sp³-hybridized carbons (Fsp3) is 0.562. The van der Waals surface area contributed by atoms with Crippen molar-refractivity contribution in [3.63, 3.8) is 0 Å². The number of rotatable bonds is 4. The van der Waals surface area contributed by atoms with E-state index >= 15 is 0 Å². The van der Waals surface area contributed by atoms with E-state index in [1.165, 1.54) is 18.9 Å². The molecule has 22 heavy (non-hydrogen) atoms. The number of nitrogens with zero attached hydrogens (tertiary/aromatic N) is 1. The van der Waals surface area contributed by atoms with Crippen molar-refractivity contribution in [3.8, 4) is 0 Å². The van der Waals surface area contributed by atoms with Crippen LogP contribution in [0.4, 0.5) is 14.5 Å². The number of hydrogen-bond donors (Lipinski definition) is 2. The van der Waals surface area contributed by atoms with E-state index in [0.717, 1.165) is 12.2 Å². The Kier molecular flexibility index (Phi) is 4.04. The van der Waals surface area contributed by atoms with Crippen LogP contribution in [0.1, 0.15) is 25.3 Å². The summed E-state index contributed by atoms with van der Waals surface area (Å²) in [5, 5.41) is 3.27. The zero-order valence-electron chi connectivity index (χ0n) is 12.6. The van der Waals surface area contributed by atoms with Gasteiger partial charge in [-0.25, -0.2) is 8.78 Å². The average Bonchev–Trinajstić information content (AvgIpc) is 3.30. The van der Waals surface area contributed by atoms with E-state index in [1.54, 1.807) is 19.1 Å². The van der Waals surface area contributed by atoms with Crippen LogP contribution in [0.25, 0.3) is 0 Å². The van der Waals surface area contributed by atoms with Gasteiger partial charge in [-0.15, -0.1) is 0 Å². The molecule has 1 aromatic carbocycles. The fourth-order valence-electron chi connectivity index (χ4n) is 2.67. The molecule has 2 atom stereocenters. The van der Waals surface area contributed by atoms with Crippen LogP contribution in [-0.4, -0.2) is 31.8 Å². The average molecular weight is 309 g/mol. The molecule has 2 aliphatic rings. The van der Waals surface area contributed by atoms with Gasteiger partial charge in [0.25, 0.3) is 0 Å². The van der Waals surface area contributed by atoms with Crippen LogP contribution >= 0.6 is 0 Å². The van der Waals surface area contributed by atoms with Crippen molar-refractivity contribution in [2.45, 2.75) is 31.5 Å². The van der Waals surface area contributed by atoms with Gasteiger partial charge >= 0.3 is 0 Å². The maximum Gasteiger partial charge on any atom is 0.152 e. The number of hydrogen-bond acceptors (Lipinski definition) is 4. The Hall–Kier alpha value is -1.69. The van der Waals surface area contributed by atoms with Gasteiger partial charge in [-0.2, -0.15) is 0 Å². The summed E-state index contributed by atoms with van der Waals surface area (Å²) in [5.41, 5.74) is 5.33. The molecule has 0 aromatic heterocycles. The van der Waals surface area contributed by atoms with Crippen molar-refractivity contribution in [2.75, 3.05) is 25.1 Å². The molecule has 1 aliphatic heterocycles. The topological polar surface area (TPSA) is 59.6 Å². The number of anilines is 1. The van der Waals surface area contributed by atoms with E-state index in [4.69, 9.17) is 10.5 Å². The van der Waals surface area contributed by atoms with E-state index in [2.05, 4.69) is 10.3 Å². The molecule has 1 aromatic rings. The van der Waals surface area contributed by atoms with E-state index in [-0.39, 0.29) is 24.6 Å². The van der Waals surface area contributed by atoms with Gasteiger partial charge in [0.15, 0.2) is 6.17 Å². The van der Waals surface area contributed by atoms with Crippen LogP contribution < -0.4 is 11.1 Å². The number of halogens is 2. The Bertz CT molecular complexity index is 589. The van der Waals surface area contributed by atoms with Crippen LogP contribution in [0.2, 0.25) is 0 Å². The van der Waals surface area contributed by atoms with Crippen molar-refractivity contribution in [3.05, 3.63) is 29.6 Å². The van der Waals surface area contributed by atoms with Crippen molar-refractivity contribution in [1.82, 2.24) is 0 Å². The van der Waals surface area contributed by atoms with Crippen molar-refractivity contribution in [1.29, 1.82) is 0 Å². The van der Waals surface area contributed by atoms with Crippen molar-refractivity contribution >= 4 is 11.5 Å². The molecule has 0 bridgehead atoms. The van der Waals surface area contributed by atoms with Crippen LogP contribution in [0.3, 0.4) is 0 Å². The highest BCUT2D eigenvalue weighted by atomic mass is 19.1. The maximum absolute atomic E-state index is 14.5. The zero-order valence-corrected chi connectivity index (χ0v) is 12.6. The Morgan fingerprint density at radius 3 is 2.95 bits per heavy atom. The van der Waals surface area contributed by atoms with Gasteiger partial charge in [0.05, 0.1) is 6.61 Å². The van der Waals surface area contributed by atoms with Crippen LogP contribution in [0.15, 0.2) is 23.2 Å². The number of benzene rings is 1. The molecule has 120 valence electrons. The number of aliphatic imine (C=N–C) groups is 1. The number of nitrogens with one attached hydrogen (secondary N) is 1. The zero-order chi connectivity index (χ0) is 15.7. The van der Waals surface area contributed by atoms with Gasteiger partial charge in [0.1, 0.15) is 23.8 Å². The minimum Gasteiger partial charge on any atom is -0.386 e. The summed E-state index contributed by atoms with van der Waals surface area (Å²) in [6, 6.07) is 4.64. The van der Waals surface area contributed by atoms with E-state index in [9.17, 15) is 8.78 Å². The molecule has 0 radical (unpaired) electrons. The fourth-order valence-corrected chi connectivity index (χ4v) is 2.67. The van der Waals surface area contributed by atoms with Gasteiger partial charge in [0, 0.05) is 17.8 Å². The normalized spacial score (nSPS) is 28.9. The third-order valence-corrected chi connectivity index (χ3v) is 4.30. The number of ether oxygens (including phenoxy) is 1. The molecule has 1 fully saturated rings. The second-order valence-electron chi connectivity index (χ2n) is 6.25. The smallest absolute Gasteiger partial charge is 0.152 e. The molecule has 4 nitrogen and oxygen atoms in total. The van der Waals surface area contributed by atoms with Crippen LogP contribution in [-0.2, 0) is 10.3 Å². The summed E-state index contributed by atoms with van der Waals surface area (Å²) in [7, 11) is 0. The standard InChI is InChI=1S/C16H21F2N3O/c1-16(14(18)8-22-9-15(19)21-16)12-6-11(4-5-13(12)17)20-7-10-2-3-10/h4-6,10,14,20H,2-3,7-9H2,1H3,(H2,19,21). The van der Waals surface area contributed by atoms with Crippen molar-refractivity contribution in [2.24, 2.45) is 16.6 Å². The summed E-state index contributed by atoms with van der Waals surface area (Å²) in [5.74, 6) is 0.386. The van der Waals surface area contributed by atoms with E-state index < -0.39 is 17.5 Å². The van der Waals surface area contributed by atoms with Gasteiger partial charge in [-0.1, -0.05) is 0 Å². The first-order chi connectivity index (χ1) is 10.5. The molecule has 3 rings (SSSR count). The lowest BCUT2D eigenvalue weighted by Gasteiger charge is -2.29.